The number of fused-ring (bicyclic) bond motifs is 1. The third-order valence-corrected chi connectivity index (χ3v) is 2.52. The monoisotopic (exact) mass is 248 g/mol. The van der Waals surface area contributed by atoms with Gasteiger partial charge in [0, 0.05) is 0 Å². The molecule has 1 N–H and O–H groups in total. The number of rotatable bonds is 4. The van der Waals surface area contributed by atoms with Crippen molar-refractivity contribution in [3.05, 3.63) is 29.6 Å². The quantitative estimate of drug-likeness (QED) is 0.843. The van der Waals surface area contributed by atoms with E-state index < -0.39 is 0 Å². The number of carbonyl (C=O) groups excluding carboxylic acids is 1. The summed E-state index contributed by atoms with van der Waals surface area (Å²) < 4.78 is 10.2. The molecule has 0 amide bonds. The Balaban J connectivity index is 2.35. The SMILES string of the molecule is COC(=O)c1cccc2[nH]c(COC(C)C)nc12. The van der Waals surface area contributed by atoms with Crippen LogP contribution in [0.25, 0.3) is 11.0 Å². The zero-order chi connectivity index (χ0) is 13.1. The molecule has 1 aromatic heterocycles. The summed E-state index contributed by atoms with van der Waals surface area (Å²) in [6.45, 7) is 4.32. The van der Waals surface area contributed by atoms with Gasteiger partial charge in [-0.05, 0) is 26.0 Å². The number of carbonyl (C=O) groups is 1. The van der Waals surface area contributed by atoms with Gasteiger partial charge < -0.3 is 14.5 Å². The van der Waals surface area contributed by atoms with E-state index in [0.29, 0.717) is 23.5 Å². The van der Waals surface area contributed by atoms with Crippen molar-refractivity contribution in [2.45, 2.75) is 26.6 Å². The van der Waals surface area contributed by atoms with Crippen molar-refractivity contribution in [3.8, 4) is 0 Å². The summed E-state index contributed by atoms with van der Waals surface area (Å²) in [7, 11) is 1.36. The molecule has 0 aliphatic heterocycles. The van der Waals surface area contributed by atoms with Crippen LogP contribution in [0.4, 0.5) is 0 Å². The second kappa shape index (κ2) is 5.18. The summed E-state index contributed by atoms with van der Waals surface area (Å²) in [6, 6.07) is 5.36. The van der Waals surface area contributed by atoms with Crippen LogP contribution in [0.1, 0.15) is 30.0 Å². The lowest BCUT2D eigenvalue weighted by Crippen LogP contribution is -2.03. The molecule has 0 spiro atoms. The molecule has 1 heterocycles. The van der Waals surface area contributed by atoms with Crippen LogP contribution < -0.4 is 0 Å². The smallest absolute Gasteiger partial charge is 0.340 e. The average Bonchev–Trinajstić information content (AvgIpc) is 2.77. The molecule has 0 bridgehead atoms. The fraction of sp³-hybridized carbons (Fsp3) is 0.385. The number of hydrogen-bond donors (Lipinski definition) is 1. The van der Waals surface area contributed by atoms with Crippen LogP contribution in [0.5, 0.6) is 0 Å². The highest BCUT2D eigenvalue weighted by atomic mass is 16.5. The number of esters is 1. The van der Waals surface area contributed by atoms with Crippen LogP contribution in [-0.2, 0) is 16.1 Å². The Hall–Kier alpha value is -1.88. The van der Waals surface area contributed by atoms with Gasteiger partial charge in [-0.25, -0.2) is 9.78 Å². The maximum atomic E-state index is 11.6. The minimum absolute atomic E-state index is 0.137. The van der Waals surface area contributed by atoms with Gasteiger partial charge in [-0.2, -0.15) is 0 Å². The van der Waals surface area contributed by atoms with Gasteiger partial charge in [-0.15, -0.1) is 0 Å². The van der Waals surface area contributed by atoms with Gasteiger partial charge >= 0.3 is 5.97 Å². The third-order valence-electron chi connectivity index (χ3n) is 2.52. The number of ether oxygens (including phenoxy) is 2. The van der Waals surface area contributed by atoms with Gasteiger partial charge in [-0.3, -0.25) is 0 Å². The summed E-state index contributed by atoms with van der Waals surface area (Å²) in [5, 5.41) is 0. The molecule has 96 valence electrons. The number of aromatic amines is 1. The highest BCUT2D eigenvalue weighted by Gasteiger charge is 2.13. The molecule has 0 aliphatic carbocycles. The van der Waals surface area contributed by atoms with Gasteiger partial charge in [0.05, 0.1) is 24.3 Å². The summed E-state index contributed by atoms with van der Waals surface area (Å²) in [5.74, 6) is 0.318. The molecule has 2 rings (SSSR count). The van der Waals surface area contributed by atoms with E-state index in [1.165, 1.54) is 7.11 Å². The maximum Gasteiger partial charge on any atom is 0.340 e. The first kappa shape index (κ1) is 12.6. The predicted molar refractivity (Wildman–Crippen MR) is 67.4 cm³/mol. The Morgan fingerprint density at radius 2 is 2.22 bits per heavy atom. The zero-order valence-electron chi connectivity index (χ0n) is 10.7. The highest BCUT2D eigenvalue weighted by molar-refractivity contribution is 6.01. The molecule has 0 unspecified atom stereocenters. The molecule has 18 heavy (non-hydrogen) atoms. The van der Waals surface area contributed by atoms with Crippen molar-refractivity contribution < 1.29 is 14.3 Å². The summed E-state index contributed by atoms with van der Waals surface area (Å²) in [6.07, 6.45) is 0.137. The molecule has 1 aromatic carbocycles. The Morgan fingerprint density at radius 3 is 2.89 bits per heavy atom. The minimum atomic E-state index is -0.386. The molecular formula is C13H16N2O3. The van der Waals surface area contributed by atoms with Gasteiger partial charge in [0.1, 0.15) is 17.9 Å². The van der Waals surface area contributed by atoms with E-state index in [4.69, 9.17) is 9.47 Å². The molecule has 0 saturated heterocycles. The van der Waals surface area contributed by atoms with Crippen LogP contribution in [0.15, 0.2) is 18.2 Å². The Morgan fingerprint density at radius 1 is 1.44 bits per heavy atom. The first-order valence-electron chi connectivity index (χ1n) is 5.79. The number of benzene rings is 1. The van der Waals surface area contributed by atoms with Gasteiger partial charge in [-0.1, -0.05) is 6.07 Å². The predicted octanol–water partition coefficient (Wildman–Crippen LogP) is 2.27. The lowest BCUT2D eigenvalue weighted by atomic mass is 10.2. The summed E-state index contributed by atoms with van der Waals surface area (Å²) in [5.41, 5.74) is 1.88. The lowest BCUT2D eigenvalue weighted by Gasteiger charge is -2.03. The van der Waals surface area contributed by atoms with E-state index in [9.17, 15) is 4.79 Å². The van der Waals surface area contributed by atoms with Gasteiger partial charge in [0.15, 0.2) is 0 Å². The van der Waals surface area contributed by atoms with E-state index in [2.05, 4.69) is 9.97 Å². The first-order valence-corrected chi connectivity index (χ1v) is 5.79. The van der Waals surface area contributed by atoms with Crippen molar-refractivity contribution in [1.82, 2.24) is 9.97 Å². The van der Waals surface area contributed by atoms with E-state index >= 15 is 0 Å². The normalized spacial score (nSPS) is 11.1. The minimum Gasteiger partial charge on any atom is -0.465 e. The second-order valence-electron chi connectivity index (χ2n) is 4.24. The number of H-pyrrole nitrogens is 1. The Kier molecular flexibility index (Phi) is 3.62. The number of aromatic nitrogens is 2. The highest BCUT2D eigenvalue weighted by Crippen LogP contribution is 2.17. The standard InChI is InChI=1S/C13H16N2O3/c1-8(2)18-7-11-14-10-6-4-5-9(12(10)15-11)13(16)17-3/h4-6,8H,7H2,1-3H3,(H,14,15). The molecule has 0 atom stereocenters. The van der Waals surface area contributed by atoms with Crippen LogP contribution in [0.3, 0.4) is 0 Å². The Bertz CT molecular complexity index is 560. The molecular weight excluding hydrogens is 232 g/mol. The van der Waals surface area contributed by atoms with E-state index in [1.807, 2.05) is 19.9 Å². The van der Waals surface area contributed by atoms with Crippen molar-refractivity contribution in [2.75, 3.05) is 7.11 Å². The fourth-order valence-corrected chi connectivity index (χ4v) is 1.67. The van der Waals surface area contributed by atoms with Crippen molar-refractivity contribution in [1.29, 1.82) is 0 Å². The van der Waals surface area contributed by atoms with Gasteiger partial charge in [0.2, 0.25) is 0 Å². The number of nitrogens with zero attached hydrogens (tertiary/aromatic N) is 1. The van der Waals surface area contributed by atoms with Gasteiger partial charge in [0.25, 0.3) is 0 Å². The molecule has 0 radical (unpaired) electrons. The fourth-order valence-electron chi connectivity index (χ4n) is 1.67. The summed E-state index contributed by atoms with van der Waals surface area (Å²) in [4.78, 5) is 19.1. The van der Waals surface area contributed by atoms with Crippen molar-refractivity contribution in [2.24, 2.45) is 0 Å². The third kappa shape index (κ3) is 2.51. The van der Waals surface area contributed by atoms with Crippen molar-refractivity contribution >= 4 is 17.0 Å². The van der Waals surface area contributed by atoms with Crippen LogP contribution >= 0.6 is 0 Å². The topological polar surface area (TPSA) is 64.2 Å². The number of nitrogens with one attached hydrogen (secondary N) is 1. The zero-order valence-corrected chi connectivity index (χ0v) is 10.7. The number of imidazole rings is 1. The molecule has 0 aliphatic rings. The molecule has 5 heteroatoms. The van der Waals surface area contributed by atoms with E-state index in [1.54, 1.807) is 12.1 Å². The molecule has 2 aromatic rings. The van der Waals surface area contributed by atoms with E-state index in [0.717, 1.165) is 5.52 Å². The van der Waals surface area contributed by atoms with Crippen LogP contribution in [0.2, 0.25) is 0 Å². The van der Waals surface area contributed by atoms with E-state index in [-0.39, 0.29) is 12.1 Å². The number of methoxy groups -OCH3 is 1. The second-order valence-corrected chi connectivity index (χ2v) is 4.24. The maximum absolute atomic E-state index is 11.6. The first-order chi connectivity index (χ1) is 8.61. The number of para-hydroxylation sites is 1. The van der Waals surface area contributed by atoms with Crippen LogP contribution in [-0.4, -0.2) is 29.2 Å². The number of hydrogen-bond acceptors (Lipinski definition) is 4. The average molecular weight is 248 g/mol. The molecule has 0 fully saturated rings. The largest absolute Gasteiger partial charge is 0.465 e. The Labute approximate surface area is 105 Å². The lowest BCUT2D eigenvalue weighted by molar-refractivity contribution is 0.0599. The summed E-state index contributed by atoms with van der Waals surface area (Å²) >= 11 is 0. The molecule has 0 saturated carbocycles. The van der Waals surface area contributed by atoms with Crippen molar-refractivity contribution in [3.63, 3.8) is 0 Å². The molecule has 5 nitrogen and oxygen atoms in total. The van der Waals surface area contributed by atoms with Crippen LogP contribution in [0, 0.1) is 0 Å².